The smallest absolute Gasteiger partial charge is 0.348 e. The molecule has 0 aliphatic heterocycles. The molecule has 0 saturated heterocycles. The summed E-state index contributed by atoms with van der Waals surface area (Å²) in [6.45, 7) is 1.73. The molecule has 150 valence electrons. The van der Waals surface area contributed by atoms with Crippen molar-refractivity contribution in [3.8, 4) is 11.8 Å². The fourth-order valence-electron chi connectivity index (χ4n) is 2.44. The van der Waals surface area contributed by atoms with E-state index in [0.29, 0.717) is 21.3 Å². The van der Waals surface area contributed by atoms with Crippen LogP contribution >= 0.6 is 11.8 Å². The van der Waals surface area contributed by atoms with Gasteiger partial charge in [0.2, 0.25) is 5.16 Å². The Balaban J connectivity index is 1.95. The lowest BCUT2D eigenvalue weighted by Crippen LogP contribution is -2.06. The average molecular weight is 422 g/mol. The maximum absolute atomic E-state index is 11.8. The molecule has 0 atom stereocenters. The summed E-state index contributed by atoms with van der Waals surface area (Å²) < 4.78 is 6.27. The number of nitrogens with zero attached hydrogens (tertiary/aromatic N) is 6. The molecule has 1 aromatic heterocycles. The Kier molecular flexibility index (Phi) is 6.51. The van der Waals surface area contributed by atoms with E-state index in [1.807, 2.05) is 30.3 Å². The molecule has 0 saturated carbocycles. The summed E-state index contributed by atoms with van der Waals surface area (Å²) in [5.74, 6) is -0.789. The third-order valence-corrected chi connectivity index (χ3v) is 4.75. The number of hydrogen-bond acceptors (Lipinski definition) is 9. The SMILES string of the molecule is CCOC(=O)/C(C#N)=C/c1ccc(Sc2nnnn2-c2ccccc2)c([N+](=O)[O-])c1. The summed E-state index contributed by atoms with van der Waals surface area (Å²) in [6.07, 6.45) is 1.24. The Hall–Kier alpha value is -4.04. The van der Waals surface area contributed by atoms with E-state index in [1.54, 1.807) is 19.1 Å². The van der Waals surface area contributed by atoms with Gasteiger partial charge in [0.05, 0.1) is 22.1 Å². The van der Waals surface area contributed by atoms with Crippen molar-refractivity contribution in [3.63, 3.8) is 0 Å². The van der Waals surface area contributed by atoms with E-state index in [2.05, 4.69) is 15.5 Å². The molecule has 0 unspecified atom stereocenters. The molecule has 0 aliphatic rings. The van der Waals surface area contributed by atoms with Crippen molar-refractivity contribution in [3.05, 3.63) is 69.8 Å². The lowest BCUT2D eigenvalue weighted by molar-refractivity contribution is -0.387. The lowest BCUT2D eigenvalue weighted by Gasteiger charge is -2.06. The second-order valence-electron chi connectivity index (χ2n) is 5.69. The van der Waals surface area contributed by atoms with Gasteiger partial charge in [-0.1, -0.05) is 24.3 Å². The molecule has 0 aliphatic carbocycles. The van der Waals surface area contributed by atoms with Gasteiger partial charge in [0.25, 0.3) is 5.69 Å². The molecule has 0 N–H and O–H groups in total. The summed E-state index contributed by atoms with van der Waals surface area (Å²) >= 11 is 1.03. The van der Waals surface area contributed by atoms with Crippen molar-refractivity contribution < 1.29 is 14.5 Å². The third-order valence-electron chi connectivity index (χ3n) is 3.75. The summed E-state index contributed by atoms with van der Waals surface area (Å²) in [7, 11) is 0. The minimum Gasteiger partial charge on any atom is -0.462 e. The molecule has 2 aromatic carbocycles. The second-order valence-corrected chi connectivity index (χ2v) is 6.69. The van der Waals surface area contributed by atoms with Gasteiger partial charge in [-0.15, -0.1) is 5.10 Å². The number of nitriles is 1. The van der Waals surface area contributed by atoms with E-state index < -0.39 is 10.9 Å². The van der Waals surface area contributed by atoms with Crippen LogP contribution in [0.2, 0.25) is 0 Å². The van der Waals surface area contributed by atoms with Gasteiger partial charge >= 0.3 is 5.97 Å². The van der Waals surface area contributed by atoms with Crippen LogP contribution in [-0.2, 0) is 9.53 Å². The van der Waals surface area contributed by atoms with Crippen molar-refractivity contribution in [2.24, 2.45) is 0 Å². The predicted molar refractivity (Wildman–Crippen MR) is 107 cm³/mol. The van der Waals surface area contributed by atoms with E-state index in [0.717, 1.165) is 11.8 Å². The number of esters is 1. The van der Waals surface area contributed by atoms with Crippen molar-refractivity contribution >= 4 is 29.5 Å². The number of carbonyl (C=O) groups excluding carboxylic acids is 1. The lowest BCUT2D eigenvalue weighted by atomic mass is 10.1. The van der Waals surface area contributed by atoms with Crippen LogP contribution in [0.5, 0.6) is 0 Å². The Labute approximate surface area is 174 Å². The van der Waals surface area contributed by atoms with Gasteiger partial charge in [-0.25, -0.2) is 4.79 Å². The standard InChI is InChI=1S/C19H14N6O4S/c1-2-29-18(26)14(12-20)10-13-8-9-17(16(11-13)25(27)28)30-19-21-22-23-24(19)15-6-4-3-5-7-15/h3-11H,2H2,1H3/b14-10+. The van der Waals surface area contributed by atoms with Gasteiger partial charge in [0.15, 0.2) is 0 Å². The minimum absolute atomic E-state index is 0.115. The summed E-state index contributed by atoms with van der Waals surface area (Å²) in [4.78, 5) is 23.1. The molecule has 0 spiro atoms. The first-order valence-corrected chi connectivity index (χ1v) is 9.44. The Morgan fingerprint density at radius 3 is 2.77 bits per heavy atom. The highest BCUT2D eigenvalue weighted by Crippen LogP contribution is 2.35. The van der Waals surface area contributed by atoms with Crippen molar-refractivity contribution in [2.45, 2.75) is 17.0 Å². The number of tetrazole rings is 1. The van der Waals surface area contributed by atoms with Gasteiger partial charge in [-0.2, -0.15) is 9.94 Å². The second kappa shape index (κ2) is 9.44. The van der Waals surface area contributed by atoms with Crippen LogP contribution in [-0.4, -0.2) is 37.7 Å². The topological polar surface area (TPSA) is 137 Å². The zero-order valence-corrected chi connectivity index (χ0v) is 16.4. The summed E-state index contributed by atoms with van der Waals surface area (Å²) in [5.41, 5.74) is 0.565. The van der Waals surface area contributed by atoms with Gasteiger partial charge < -0.3 is 4.74 Å². The van der Waals surface area contributed by atoms with Gasteiger partial charge in [-0.3, -0.25) is 10.1 Å². The molecule has 3 aromatic rings. The fourth-order valence-corrected chi connectivity index (χ4v) is 3.31. The first-order chi connectivity index (χ1) is 14.5. The molecular formula is C19H14N6O4S. The first kappa shape index (κ1) is 20.7. The van der Waals surface area contributed by atoms with E-state index in [-0.39, 0.29) is 17.9 Å². The highest BCUT2D eigenvalue weighted by molar-refractivity contribution is 7.99. The Morgan fingerprint density at radius 2 is 2.10 bits per heavy atom. The van der Waals surface area contributed by atoms with Crippen molar-refractivity contribution in [2.75, 3.05) is 6.61 Å². The molecular weight excluding hydrogens is 408 g/mol. The molecule has 30 heavy (non-hydrogen) atoms. The highest BCUT2D eigenvalue weighted by atomic mass is 32.2. The molecule has 0 fully saturated rings. The fraction of sp³-hybridized carbons (Fsp3) is 0.105. The maximum Gasteiger partial charge on any atom is 0.348 e. The quantitative estimate of drug-likeness (QED) is 0.185. The third kappa shape index (κ3) is 4.68. The summed E-state index contributed by atoms with van der Waals surface area (Å²) in [5, 5.41) is 32.6. The molecule has 3 rings (SSSR count). The number of hydrogen-bond donors (Lipinski definition) is 0. The molecule has 0 bridgehead atoms. The van der Waals surface area contributed by atoms with Gasteiger partial charge in [0.1, 0.15) is 11.6 Å². The number of benzene rings is 2. The average Bonchev–Trinajstić information content (AvgIpc) is 3.21. The van der Waals surface area contributed by atoms with E-state index in [4.69, 9.17) is 10.00 Å². The van der Waals surface area contributed by atoms with Crippen LogP contribution in [0.4, 0.5) is 5.69 Å². The van der Waals surface area contributed by atoms with Crippen LogP contribution in [0.25, 0.3) is 11.8 Å². The molecule has 1 heterocycles. The number of para-hydroxylation sites is 1. The first-order valence-electron chi connectivity index (χ1n) is 8.62. The predicted octanol–water partition coefficient (Wildman–Crippen LogP) is 3.19. The Bertz CT molecular complexity index is 1150. The molecule has 0 radical (unpaired) electrons. The molecule has 10 nitrogen and oxygen atoms in total. The van der Waals surface area contributed by atoms with Crippen molar-refractivity contribution in [1.82, 2.24) is 20.2 Å². The maximum atomic E-state index is 11.8. The Morgan fingerprint density at radius 1 is 1.33 bits per heavy atom. The monoisotopic (exact) mass is 422 g/mol. The molecule has 0 amide bonds. The molecule has 11 heteroatoms. The zero-order valence-electron chi connectivity index (χ0n) is 15.6. The van der Waals surface area contributed by atoms with Crippen LogP contribution in [0.15, 0.2) is 64.2 Å². The zero-order chi connectivity index (χ0) is 21.5. The van der Waals surface area contributed by atoms with Gasteiger partial charge in [0, 0.05) is 6.07 Å². The van der Waals surface area contributed by atoms with Crippen molar-refractivity contribution in [1.29, 1.82) is 5.26 Å². The van der Waals surface area contributed by atoms with Crippen LogP contribution in [0, 0.1) is 21.4 Å². The van der Waals surface area contributed by atoms with Crippen LogP contribution in [0.3, 0.4) is 0 Å². The van der Waals surface area contributed by atoms with E-state index in [9.17, 15) is 14.9 Å². The normalized spacial score (nSPS) is 11.0. The van der Waals surface area contributed by atoms with E-state index in [1.165, 1.54) is 22.9 Å². The summed E-state index contributed by atoms with van der Waals surface area (Å²) in [6, 6.07) is 15.2. The largest absolute Gasteiger partial charge is 0.462 e. The van der Waals surface area contributed by atoms with Crippen LogP contribution < -0.4 is 0 Å². The van der Waals surface area contributed by atoms with Gasteiger partial charge in [-0.05, 0) is 59.0 Å². The minimum atomic E-state index is -0.789. The number of nitro benzene ring substituents is 1. The van der Waals surface area contributed by atoms with E-state index >= 15 is 0 Å². The number of aromatic nitrogens is 4. The number of rotatable bonds is 7. The number of carbonyl (C=O) groups is 1. The highest BCUT2D eigenvalue weighted by Gasteiger charge is 2.20. The van der Waals surface area contributed by atoms with Crippen LogP contribution in [0.1, 0.15) is 12.5 Å². The number of ether oxygens (including phenoxy) is 1. The number of nitro groups is 1.